The van der Waals surface area contributed by atoms with Crippen molar-refractivity contribution in [2.75, 3.05) is 25.2 Å². The highest BCUT2D eigenvalue weighted by Crippen LogP contribution is 2.30. The monoisotopic (exact) mass is 474 g/mol. The summed E-state index contributed by atoms with van der Waals surface area (Å²) in [5.74, 6) is -2.02. The van der Waals surface area contributed by atoms with E-state index in [1.165, 1.54) is 19.3 Å². The van der Waals surface area contributed by atoms with E-state index in [0.717, 1.165) is 9.80 Å². The molecule has 0 radical (unpaired) electrons. The van der Waals surface area contributed by atoms with Crippen molar-refractivity contribution in [3.8, 4) is 11.3 Å². The maximum absolute atomic E-state index is 13.3. The van der Waals surface area contributed by atoms with E-state index in [0.29, 0.717) is 22.6 Å². The quantitative estimate of drug-likeness (QED) is 0.407. The first-order valence-corrected chi connectivity index (χ1v) is 10.7. The lowest BCUT2D eigenvalue weighted by atomic mass is 10.0. The second-order valence-corrected chi connectivity index (χ2v) is 7.75. The summed E-state index contributed by atoms with van der Waals surface area (Å²) in [6, 6.07) is 15.6. The predicted octanol–water partition coefficient (Wildman–Crippen LogP) is 3.98. The Balaban J connectivity index is 1.74. The number of hydrogen-bond acceptors (Lipinski definition) is 6. The molecule has 0 unspecified atom stereocenters. The molecule has 2 heterocycles. The standard InChI is InChI=1S/C26H22N2O7/c1-16-19(9-6-10-20(16)25(31)32)22-12-11-18(35-22)15-21-23(29)27(13-14-34-2)26(33)28(24(21)30)17-7-4-3-5-8-17/h3-12,15H,13-14H2,1-2H3,(H,31,32)/b21-15-. The van der Waals surface area contributed by atoms with Crippen LogP contribution in [0.5, 0.6) is 0 Å². The summed E-state index contributed by atoms with van der Waals surface area (Å²) in [5, 5.41) is 9.38. The maximum Gasteiger partial charge on any atom is 0.338 e. The molecular formula is C26H22N2O7. The van der Waals surface area contributed by atoms with Gasteiger partial charge < -0.3 is 14.3 Å². The third-order valence-electron chi connectivity index (χ3n) is 5.61. The number of amides is 4. The Labute approximate surface area is 200 Å². The summed E-state index contributed by atoms with van der Waals surface area (Å²) in [7, 11) is 1.45. The Hall–Kier alpha value is -4.50. The van der Waals surface area contributed by atoms with Crippen LogP contribution in [0.3, 0.4) is 0 Å². The van der Waals surface area contributed by atoms with Crippen LogP contribution in [0, 0.1) is 6.92 Å². The molecule has 4 amide bonds. The lowest BCUT2D eigenvalue weighted by Crippen LogP contribution is -2.57. The highest BCUT2D eigenvalue weighted by atomic mass is 16.5. The van der Waals surface area contributed by atoms with Crippen molar-refractivity contribution in [3.63, 3.8) is 0 Å². The Morgan fingerprint density at radius 1 is 1.00 bits per heavy atom. The molecule has 9 nitrogen and oxygen atoms in total. The van der Waals surface area contributed by atoms with Crippen molar-refractivity contribution < 1.29 is 33.4 Å². The smallest absolute Gasteiger partial charge is 0.338 e. The maximum atomic E-state index is 13.3. The number of benzene rings is 2. The summed E-state index contributed by atoms with van der Waals surface area (Å²) in [5.41, 5.74) is 1.30. The van der Waals surface area contributed by atoms with Crippen LogP contribution in [0.4, 0.5) is 10.5 Å². The van der Waals surface area contributed by atoms with E-state index >= 15 is 0 Å². The lowest BCUT2D eigenvalue weighted by molar-refractivity contribution is -0.129. The highest BCUT2D eigenvalue weighted by molar-refractivity contribution is 6.39. The van der Waals surface area contributed by atoms with Crippen molar-refractivity contribution in [2.45, 2.75) is 6.92 Å². The van der Waals surface area contributed by atoms with Gasteiger partial charge in [-0.2, -0.15) is 0 Å². The third-order valence-corrected chi connectivity index (χ3v) is 5.61. The van der Waals surface area contributed by atoms with Crippen LogP contribution >= 0.6 is 0 Å². The lowest BCUT2D eigenvalue weighted by Gasteiger charge is -2.33. The SMILES string of the molecule is COCCN1C(=O)/C(=C/c2ccc(-c3cccc(C(=O)O)c3C)o2)C(=O)N(c2ccccc2)C1=O. The molecule has 2 aromatic carbocycles. The molecule has 4 rings (SSSR count). The fraction of sp³-hybridized carbons (Fsp3) is 0.154. The zero-order chi connectivity index (χ0) is 25.1. The fourth-order valence-corrected chi connectivity index (χ4v) is 3.81. The van der Waals surface area contributed by atoms with E-state index in [1.807, 2.05) is 0 Å². The summed E-state index contributed by atoms with van der Waals surface area (Å²) in [6.07, 6.45) is 1.28. The molecule has 1 fully saturated rings. The Kier molecular flexibility index (Phi) is 6.61. The van der Waals surface area contributed by atoms with Crippen molar-refractivity contribution in [2.24, 2.45) is 0 Å². The first-order valence-electron chi connectivity index (χ1n) is 10.7. The number of carbonyl (C=O) groups excluding carboxylic acids is 3. The van der Waals surface area contributed by atoms with Crippen LogP contribution < -0.4 is 4.90 Å². The van der Waals surface area contributed by atoms with Crippen molar-refractivity contribution >= 4 is 35.6 Å². The first kappa shape index (κ1) is 23.7. The molecule has 1 aromatic heterocycles. The minimum absolute atomic E-state index is 0.0350. The van der Waals surface area contributed by atoms with E-state index in [9.17, 15) is 24.3 Å². The number of ether oxygens (including phenoxy) is 1. The number of aromatic carboxylic acids is 1. The van der Waals surface area contributed by atoms with Gasteiger partial charge in [0.1, 0.15) is 17.1 Å². The summed E-state index contributed by atoms with van der Waals surface area (Å²) >= 11 is 0. The largest absolute Gasteiger partial charge is 0.478 e. The second-order valence-electron chi connectivity index (χ2n) is 7.75. The molecule has 35 heavy (non-hydrogen) atoms. The molecule has 0 atom stereocenters. The van der Waals surface area contributed by atoms with Gasteiger partial charge in [0, 0.05) is 12.7 Å². The van der Waals surface area contributed by atoms with Gasteiger partial charge in [-0.25, -0.2) is 14.5 Å². The molecule has 1 aliphatic rings. The van der Waals surface area contributed by atoms with E-state index in [-0.39, 0.29) is 30.0 Å². The topological polar surface area (TPSA) is 117 Å². The van der Waals surface area contributed by atoms with E-state index in [1.54, 1.807) is 61.5 Å². The molecule has 3 aromatic rings. The molecule has 1 N–H and O–H groups in total. The second kappa shape index (κ2) is 9.78. The number of hydrogen-bond donors (Lipinski definition) is 1. The van der Waals surface area contributed by atoms with Gasteiger partial charge in [-0.3, -0.25) is 14.5 Å². The molecular weight excluding hydrogens is 452 g/mol. The number of carbonyl (C=O) groups is 4. The average Bonchev–Trinajstić information content (AvgIpc) is 3.31. The van der Waals surface area contributed by atoms with Gasteiger partial charge in [-0.15, -0.1) is 0 Å². The van der Waals surface area contributed by atoms with Crippen LogP contribution in [0.2, 0.25) is 0 Å². The van der Waals surface area contributed by atoms with Crippen LogP contribution in [0.1, 0.15) is 21.7 Å². The summed E-state index contributed by atoms with van der Waals surface area (Å²) in [6.45, 7) is 1.74. The normalized spacial score (nSPS) is 15.3. The van der Waals surface area contributed by atoms with Gasteiger partial charge in [0.15, 0.2) is 0 Å². The van der Waals surface area contributed by atoms with Gasteiger partial charge in [0.05, 0.1) is 24.4 Å². The molecule has 0 aliphatic carbocycles. The Bertz CT molecular complexity index is 1340. The van der Waals surface area contributed by atoms with Crippen molar-refractivity contribution in [1.82, 2.24) is 4.90 Å². The number of anilines is 1. The highest BCUT2D eigenvalue weighted by Gasteiger charge is 2.42. The average molecular weight is 474 g/mol. The number of barbiturate groups is 1. The number of carboxylic acid groups (broad SMARTS) is 1. The Morgan fingerprint density at radius 3 is 2.43 bits per heavy atom. The van der Waals surface area contributed by atoms with E-state index < -0.39 is 23.8 Å². The van der Waals surface area contributed by atoms with Crippen LogP contribution in [-0.4, -0.2) is 54.1 Å². The minimum Gasteiger partial charge on any atom is -0.478 e. The number of nitrogens with zero attached hydrogens (tertiary/aromatic N) is 2. The number of imide groups is 2. The molecule has 0 spiro atoms. The first-order chi connectivity index (χ1) is 16.8. The number of methoxy groups -OCH3 is 1. The number of rotatable bonds is 7. The van der Waals surface area contributed by atoms with Crippen LogP contribution in [-0.2, 0) is 14.3 Å². The molecule has 0 saturated carbocycles. The zero-order valence-electron chi connectivity index (χ0n) is 19.1. The Morgan fingerprint density at radius 2 is 1.74 bits per heavy atom. The van der Waals surface area contributed by atoms with Gasteiger partial charge >= 0.3 is 12.0 Å². The fourth-order valence-electron chi connectivity index (χ4n) is 3.81. The molecule has 0 bridgehead atoms. The summed E-state index contributed by atoms with van der Waals surface area (Å²) in [4.78, 5) is 52.8. The third kappa shape index (κ3) is 4.49. The van der Waals surface area contributed by atoms with Crippen LogP contribution in [0.15, 0.2) is 70.7 Å². The predicted molar refractivity (Wildman–Crippen MR) is 127 cm³/mol. The van der Waals surface area contributed by atoms with Gasteiger partial charge in [-0.1, -0.05) is 30.3 Å². The van der Waals surface area contributed by atoms with E-state index in [4.69, 9.17) is 9.15 Å². The zero-order valence-corrected chi connectivity index (χ0v) is 19.1. The number of para-hydroxylation sites is 1. The van der Waals surface area contributed by atoms with Crippen LogP contribution in [0.25, 0.3) is 17.4 Å². The van der Waals surface area contributed by atoms with Gasteiger partial charge in [0.2, 0.25) is 0 Å². The number of urea groups is 1. The minimum atomic E-state index is -1.06. The summed E-state index contributed by atoms with van der Waals surface area (Å²) < 4.78 is 10.9. The molecule has 9 heteroatoms. The van der Waals surface area contributed by atoms with Gasteiger partial charge in [0.25, 0.3) is 11.8 Å². The van der Waals surface area contributed by atoms with Crippen molar-refractivity contribution in [1.29, 1.82) is 0 Å². The molecule has 1 aliphatic heterocycles. The molecule has 1 saturated heterocycles. The van der Waals surface area contributed by atoms with E-state index in [2.05, 4.69) is 0 Å². The molecule has 178 valence electrons. The van der Waals surface area contributed by atoms with Gasteiger partial charge in [-0.05, 0) is 48.9 Å². The number of furan rings is 1. The number of carboxylic acids is 1. The van der Waals surface area contributed by atoms with Crippen molar-refractivity contribution in [3.05, 3.63) is 83.1 Å².